The quantitative estimate of drug-likeness (QED) is 0.838. The maximum absolute atomic E-state index is 12.3. The van der Waals surface area contributed by atoms with Gasteiger partial charge in [-0.2, -0.15) is 0 Å². The Labute approximate surface area is 120 Å². The van der Waals surface area contributed by atoms with Gasteiger partial charge in [-0.15, -0.1) is 11.3 Å². The van der Waals surface area contributed by atoms with Gasteiger partial charge in [0, 0.05) is 24.0 Å². The van der Waals surface area contributed by atoms with Crippen molar-refractivity contribution in [3.63, 3.8) is 0 Å². The number of ether oxygens (including phenoxy) is 1. The van der Waals surface area contributed by atoms with Gasteiger partial charge in [0.2, 0.25) is 5.91 Å². The SMILES string of the molecule is CC1CN(C(=O)Cn2ccc3sccc3c2=O)CCO1. The van der Waals surface area contributed by atoms with Crippen molar-refractivity contribution < 1.29 is 9.53 Å². The van der Waals surface area contributed by atoms with Gasteiger partial charge in [0.15, 0.2) is 0 Å². The molecule has 1 aliphatic heterocycles. The summed E-state index contributed by atoms with van der Waals surface area (Å²) in [7, 11) is 0. The average Bonchev–Trinajstić information content (AvgIpc) is 2.91. The molecule has 1 saturated heterocycles. The molecule has 2 aromatic rings. The minimum Gasteiger partial charge on any atom is -0.375 e. The molecule has 0 N–H and O–H groups in total. The van der Waals surface area contributed by atoms with Gasteiger partial charge in [-0.1, -0.05) is 0 Å². The van der Waals surface area contributed by atoms with E-state index in [2.05, 4.69) is 0 Å². The van der Waals surface area contributed by atoms with Crippen molar-refractivity contribution in [3.8, 4) is 0 Å². The van der Waals surface area contributed by atoms with E-state index in [0.29, 0.717) is 25.1 Å². The lowest BCUT2D eigenvalue weighted by Gasteiger charge is -2.31. The van der Waals surface area contributed by atoms with E-state index < -0.39 is 0 Å². The van der Waals surface area contributed by atoms with Crippen molar-refractivity contribution in [1.82, 2.24) is 9.47 Å². The Morgan fingerprint density at radius 3 is 3.15 bits per heavy atom. The van der Waals surface area contributed by atoms with Crippen LogP contribution in [0.5, 0.6) is 0 Å². The molecule has 20 heavy (non-hydrogen) atoms. The van der Waals surface area contributed by atoms with Gasteiger partial charge in [-0.3, -0.25) is 9.59 Å². The number of fused-ring (bicyclic) bond motifs is 1. The molecule has 0 bridgehead atoms. The first-order chi connectivity index (χ1) is 9.65. The van der Waals surface area contributed by atoms with Gasteiger partial charge in [0.25, 0.3) is 5.56 Å². The van der Waals surface area contributed by atoms with Gasteiger partial charge < -0.3 is 14.2 Å². The van der Waals surface area contributed by atoms with Crippen molar-refractivity contribution >= 4 is 27.3 Å². The molecule has 3 heterocycles. The summed E-state index contributed by atoms with van der Waals surface area (Å²) >= 11 is 1.53. The number of nitrogens with zero attached hydrogens (tertiary/aromatic N) is 2. The zero-order valence-electron chi connectivity index (χ0n) is 11.2. The molecule has 5 nitrogen and oxygen atoms in total. The topological polar surface area (TPSA) is 51.5 Å². The molecule has 0 aliphatic carbocycles. The lowest BCUT2D eigenvalue weighted by atomic mass is 10.3. The predicted octanol–water partition coefficient (Wildman–Crippen LogP) is 1.31. The normalized spacial score (nSPS) is 19.4. The van der Waals surface area contributed by atoms with E-state index in [0.717, 1.165) is 4.70 Å². The number of thiophene rings is 1. The summed E-state index contributed by atoms with van der Waals surface area (Å²) in [4.78, 5) is 26.3. The summed E-state index contributed by atoms with van der Waals surface area (Å²) in [5, 5.41) is 2.57. The van der Waals surface area contributed by atoms with E-state index >= 15 is 0 Å². The maximum atomic E-state index is 12.3. The van der Waals surface area contributed by atoms with Crippen molar-refractivity contribution in [1.29, 1.82) is 0 Å². The molecular formula is C14H16N2O3S. The second kappa shape index (κ2) is 5.38. The third-order valence-electron chi connectivity index (χ3n) is 3.49. The van der Waals surface area contributed by atoms with Crippen molar-refractivity contribution in [3.05, 3.63) is 34.1 Å². The molecule has 0 saturated carbocycles. The number of pyridine rings is 1. The van der Waals surface area contributed by atoms with Crippen LogP contribution in [0, 0.1) is 0 Å². The highest BCUT2D eigenvalue weighted by Crippen LogP contribution is 2.16. The van der Waals surface area contributed by atoms with E-state index in [9.17, 15) is 9.59 Å². The fourth-order valence-corrected chi connectivity index (χ4v) is 3.19. The third-order valence-corrected chi connectivity index (χ3v) is 4.37. The summed E-state index contributed by atoms with van der Waals surface area (Å²) in [5.41, 5.74) is -0.0987. The number of carbonyl (C=O) groups is 1. The van der Waals surface area contributed by atoms with Gasteiger partial charge in [-0.05, 0) is 24.4 Å². The number of carbonyl (C=O) groups excluding carboxylic acids is 1. The molecule has 1 amide bonds. The Kier molecular flexibility index (Phi) is 3.58. The number of hydrogen-bond acceptors (Lipinski definition) is 4. The Bertz CT molecular complexity index is 691. The number of morpholine rings is 1. The van der Waals surface area contributed by atoms with Gasteiger partial charge in [0.05, 0.1) is 18.1 Å². The minimum atomic E-state index is -0.0987. The highest BCUT2D eigenvalue weighted by Gasteiger charge is 2.21. The number of aromatic nitrogens is 1. The summed E-state index contributed by atoms with van der Waals surface area (Å²) < 4.78 is 7.86. The first-order valence-corrected chi connectivity index (χ1v) is 7.49. The fraction of sp³-hybridized carbons (Fsp3) is 0.429. The zero-order chi connectivity index (χ0) is 14.1. The zero-order valence-corrected chi connectivity index (χ0v) is 12.1. The monoisotopic (exact) mass is 292 g/mol. The second-order valence-corrected chi connectivity index (χ2v) is 5.92. The fourth-order valence-electron chi connectivity index (χ4n) is 2.42. The van der Waals surface area contributed by atoms with Crippen molar-refractivity contribution in [2.75, 3.05) is 19.7 Å². The molecule has 106 valence electrons. The molecule has 0 radical (unpaired) electrons. The summed E-state index contributed by atoms with van der Waals surface area (Å²) in [6.07, 6.45) is 1.76. The van der Waals surface area contributed by atoms with Crippen LogP contribution in [0.3, 0.4) is 0 Å². The Balaban J connectivity index is 1.80. The van der Waals surface area contributed by atoms with Crippen LogP contribution < -0.4 is 5.56 Å². The molecule has 0 aromatic carbocycles. The van der Waals surface area contributed by atoms with Gasteiger partial charge in [0.1, 0.15) is 6.54 Å². The molecule has 1 aliphatic rings. The van der Waals surface area contributed by atoms with Crippen LogP contribution in [0.15, 0.2) is 28.5 Å². The smallest absolute Gasteiger partial charge is 0.259 e. The Morgan fingerprint density at radius 1 is 1.50 bits per heavy atom. The van der Waals surface area contributed by atoms with Crippen LogP contribution in [0.2, 0.25) is 0 Å². The Hall–Kier alpha value is -1.66. The number of amides is 1. The predicted molar refractivity (Wildman–Crippen MR) is 78.1 cm³/mol. The highest BCUT2D eigenvalue weighted by molar-refractivity contribution is 7.17. The lowest BCUT2D eigenvalue weighted by molar-refractivity contribution is -0.138. The molecule has 6 heteroatoms. The Morgan fingerprint density at radius 2 is 2.35 bits per heavy atom. The molecule has 1 fully saturated rings. The van der Waals surface area contributed by atoms with Crippen LogP contribution in [-0.4, -0.2) is 41.2 Å². The van der Waals surface area contributed by atoms with Crippen LogP contribution in [0.4, 0.5) is 0 Å². The molecule has 1 atom stereocenters. The van der Waals surface area contributed by atoms with Crippen LogP contribution in [-0.2, 0) is 16.1 Å². The number of rotatable bonds is 2. The van der Waals surface area contributed by atoms with Gasteiger partial charge in [-0.25, -0.2) is 0 Å². The molecule has 3 rings (SSSR count). The van der Waals surface area contributed by atoms with Crippen molar-refractivity contribution in [2.24, 2.45) is 0 Å². The molecule has 1 unspecified atom stereocenters. The summed E-state index contributed by atoms with van der Waals surface area (Å²) in [6.45, 7) is 3.79. The first-order valence-electron chi connectivity index (χ1n) is 6.61. The van der Waals surface area contributed by atoms with E-state index in [-0.39, 0.29) is 24.1 Å². The van der Waals surface area contributed by atoms with E-state index in [1.807, 2.05) is 18.4 Å². The highest BCUT2D eigenvalue weighted by atomic mass is 32.1. The number of hydrogen-bond donors (Lipinski definition) is 0. The average molecular weight is 292 g/mol. The third kappa shape index (κ3) is 2.48. The van der Waals surface area contributed by atoms with Crippen LogP contribution in [0.1, 0.15) is 6.92 Å². The van der Waals surface area contributed by atoms with Gasteiger partial charge >= 0.3 is 0 Å². The van der Waals surface area contributed by atoms with Crippen LogP contribution >= 0.6 is 11.3 Å². The molecule has 2 aromatic heterocycles. The minimum absolute atomic E-state index is 0.0307. The standard InChI is InChI=1S/C14H16N2O3S/c1-10-8-15(5-6-19-10)13(17)9-16-4-2-12-11(14(16)18)3-7-20-12/h2-4,7,10H,5-6,8-9H2,1H3. The van der Waals surface area contributed by atoms with E-state index in [1.165, 1.54) is 15.9 Å². The second-order valence-electron chi connectivity index (χ2n) is 4.97. The van der Waals surface area contributed by atoms with E-state index in [1.54, 1.807) is 17.2 Å². The van der Waals surface area contributed by atoms with Crippen molar-refractivity contribution in [2.45, 2.75) is 19.6 Å². The molecular weight excluding hydrogens is 276 g/mol. The lowest BCUT2D eigenvalue weighted by Crippen LogP contribution is -2.46. The first kappa shape index (κ1) is 13.3. The largest absolute Gasteiger partial charge is 0.375 e. The van der Waals surface area contributed by atoms with Crippen LogP contribution in [0.25, 0.3) is 10.1 Å². The summed E-state index contributed by atoms with van der Waals surface area (Å²) in [6, 6.07) is 3.69. The van der Waals surface area contributed by atoms with E-state index in [4.69, 9.17) is 4.74 Å². The maximum Gasteiger partial charge on any atom is 0.259 e. The molecule has 0 spiro atoms. The summed E-state index contributed by atoms with van der Waals surface area (Å²) in [5.74, 6) is -0.0307.